The lowest BCUT2D eigenvalue weighted by molar-refractivity contribution is 0.838. The zero-order chi connectivity index (χ0) is 5.11. The Kier molecular flexibility index (Phi) is 1.36. The van der Waals surface area contributed by atoms with Gasteiger partial charge < -0.3 is 0 Å². The Morgan fingerprint density at radius 1 is 1.71 bits per heavy atom. The van der Waals surface area contributed by atoms with Crippen LogP contribution in [0, 0.1) is 24.7 Å². The molecular weight excluding hydrogens is 84.1 g/mol. The van der Waals surface area contributed by atoms with E-state index < -0.39 is 0 Å². The standard InChI is InChI=1S/C7H9/c1-2-3-4-7-5-6-7/h1,3,7H,4-6H2. The van der Waals surface area contributed by atoms with Crippen LogP contribution >= 0.6 is 0 Å². The minimum atomic E-state index is 0.955. The van der Waals surface area contributed by atoms with E-state index in [9.17, 15) is 0 Å². The maximum Gasteiger partial charge on any atom is 0.0340 e. The lowest BCUT2D eigenvalue weighted by Crippen LogP contribution is -1.72. The molecule has 0 aromatic carbocycles. The topological polar surface area (TPSA) is 0 Å². The summed E-state index contributed by atoms with van der Waals surface area (Å²) in [6.07, 6.45) is 10.9. The minimum Gasteiger partial charge on any atom is -0.120 e. The van der Waals surface area contributed by atoms with Crippen LogP contribution in [0.15, 0.2) is 0 Å². The van der Waals surface area contributed by atoms with E-state index in [0.29, 0.717) is 0 Å². The van der Waals surface area contributed by atoms with E-state index >= 15 is 0 Å². The van der Waals surface area contributed by atoms with Crippen LogP contribution in [0.2, 0.25) is 0 Å². The van der Waals surface area contributed by atoms with Crippen molar-refractivity contribution < 1.29 is 0 Å². The van der Waals surface area contributed by atoms with Crippen LogP contribution in [-0.4, -0.2) is 0 Å². The predicted molar refractivity (Wildman–Crippen MR) is 30.5 cm³/mol. The van der Waals surface area contributed by atoms with Crippen LogP contribution in [0.1, 0.15) is 19.3 Å². The summed E-state index contributed by atoms with van der Waals surface area (Å²) < 4.78 is 0. The summed E-state index contributed by atoms with van der Waals surface area (Å²) in [6, 6.07) is 0. The molecule has 1 aliphatic carbocycles. The van der Waals surface area contributed by atoms with E-state index in [0.717, 1.165) is 12.3 Å². The second kappa shape index (κ2) is 2.02. The fourth-order valence-corrected chi connectivity index (χ4v) is 0.588. The van der Waals surface area contributed by atoms with Crippen LogP contribution < -0.4 is 0 Å². The van der Waals surface area contributed by atoms with Crippen LogP contribution in [0.5, 0.6) is 0 Å². The first-order valence-corrected chi connectivity index (χ1v) is 2.71. The number of terminal acetylenes is 1. The van der Waals surface area contributed by atoms with E-state index in [4.69, 9.17) is 6.42 Å². The largest absolute Gasteiger partial charge is 0.120 e. The molecule has 1 radical (unpaired) electrons. The molecular formula is C7H9. The molecule has 0 heteroatoms. The lowest BCUT2D eigenvalue weighted by Gasteiger charge is -1.82. The lowest BCUT2D eigenvalue weighted by atomic mass is 10.2. The van der Waals surface area contributed by atoms with Crippen molar-refractivity contribution >= 4 is 0 Å². The molecule has 0 saturated heterocycles. The highest BCUT2D eigenvalue weighted by Gasteiger charge is 2.19. The molecule has 0 N–H and O–H groups in total. The van der Waals surface area contributed by atoms with Crippen molar-refractivity contribution in [2.45, 2.75) is 19.3 Å². The molecule has 0 nitrogen and oxygen atoms in total. The van der Waals surface area contributed by atoms with Crippen LogP contribution in [-0.2, 0) is 0 Å². The summed E-state index contributed by atoms with van der Waals surface area (Å²) in [4.78, 5) is 0. The summed E-state index contributed by atoms with van der Waals surface area (Å²) in [5.41, 5.74) is 0. The Morgan fingerprint density at radius 3 is 2.86 bits per heavy atom. The third-order valence-electron chi connectivity index (χ3n) is 1.27. The molecule has 1 saturated carbocycles. The summed E-state index contributed by atoms with van der Waals surface area (Å²) in [6.45, 7) is 0. The van der Waals surface area contributed by atoms with Gasteiger partial charge in [-0.3, -0.25) is 0 Å². The number of rotatable bonds is 2. The maximum atomic E-state index is 5.00. The molecule has 0 heterocycles. The quantitative estimate of drug-likeness (QED) is 0.455. The fourth-order valence-electron chi connectivity index (χ4n) is 0.588. The van der Waals surface area contributed by atoms with Crippen molar-refractivity contribution in [3.8, 4) is 12.3 Å². The number of hydrogen-bond donors (Lipinski definition) is 0. The van der Waals surface area contributed by atoms with Gasteiger partial charge >= 0.3 is 0 Å². The molecule has 37 valence electrons. The van der Waals surface area contributed by atoms with Gasteiger partial charge in [-0.05, 0) is 12.3 Å². The van der Waals surface area contributed by atoms with Gasteiger partial charge in [0, 0.05) is 6.42 Å². The van der Waals surface area contributed by atoms with Gasteiger partial charge in [0.25, 0.3) is 0 Å². The second-order valence-corrected chi connectivity index (χ2v) is 2.05. The van der Waals surface area contributed by atoms with Crippen molar-refractivity contribution in [3.63, 3.8) is 0 Å². The third kappa shape index (κ3) is 1.64. The molecule has 1 aliphatic rings. The molecule has 0 bridgehead atoms. The van der Waals surface area contributed by atoms with Gasteiger partial charge in [0.2, 0.25) is 0 Å². The van der Waals surface area contributed by atoms with Crippen molar-refractivity contribution in [1.29, 1.82) is 0 Å². The predicted octanol–water partition coefficient (Wildman–Crippen LogP) is 1.62. The average Bonchev–Trinajstić information content (AvgIpc) is 2.42. The Labute approximate surface area is 44.9 Å². The van der Waals surface area contributed by atoms with Gasteiger partial charge in [-0.15, -0.1) is 12.3 Å². The van der Waals surface area contributed by atoms with Crippen LogP contribution in [0.4, 0.5) is 0 Å². The molecule has 0 atom stereocenters. The van der Waals surface area contributed by atoms with Crippen molar-refractivity contribution in [2.24, 2.45) is 5.92 Å². The molecule has 1 rings (SSSR count). The molecule has 0 aliphatic heterocycles. The van der Waals surface area contributed by atoms with E-state index in [1.54, 1.807) is 0 Å². The molecule has 0 amide bonds. The minimum absolute atomic E-state index is 0.955. The first-order chi connectivity index (χ1) is 3.43. The molecule has 0 aromatic heterocycles. The zero-order valence-electron chi connectivity index (χ0n) is 4.35. The Morgan fingerprint density at radius 2 is 2.43 bits per heavy atom. The Hall–Kier alpha value is -0.440. The van der Waals surface area contributed by atoms with E-state index in [2.05, 4.69) is 5.92 Å². The van der Waals surface area contributed by atoms with Gasteiger partial charge in [-0.25, -0.2) is 0 Å². The Bertz CT molecular complexity index is 82.7. The smallest absolute Gasteiger partial charge is 0.0340 e. The highest BCUT2D eigenvalue weighted by atomic mass is 14.2. The van der Waals surface area contributed by atoms with E-state index in [1.165, 1.54) is 12.8 Å². The third-order valence-corrected chi connectivity index (χ3v) is 1.27. The maximum absolute atomic E-state index is 5.00. The van der Waals surface area contributed by atoms with E-state index in [-0.39, 0.29) is 0 Å². The van der Waals surface area contributed by atoms with Gasteiger partial charge in [0.1, 0.15) is 0 Å². The van der Waals surface area contributed by atoms with Crippen molar-refractivity contribution in [2.75, 3.05) is 0 Å². The fraction of sp³-hybridized carbons (Fsp3) is 0.571. The number of hydrogen-bond acceptors (Lipinski definition) is 0. The molecule has 1 fully saturated rings. The van der Waals surface area contributed by atoms with Crippen LogP contribution in [0.3, 0.4) is 0 Å². The summed E-state index contributed by atoms with van der Waals surface area (Å²) in [7, 11) is 0. The molecule has 7 heavy (non-hydrogen) atoms. The van der Waals surface area contributed by atoms with Crippen molar-refractivity contribution in [3.05, 3.63) is 6.42 Å². The van der Waals surface area contributed by atoms with Crippen LogP contribution in [0.25, 0.3) is 0 Å². The molecule has 0 unspecified atom stereocenters. The zero-order valence-corrected chi connectivity index (χ0v) is 4.35. The van der Waals surface area contributed by atoms with Crippen molar-refractivity contribution in [1.82, 2.24) is 0 Å². The average molecular weight is 93.1 g/mol. The Balaban J connectivity index is 1.91. The summed E-state index contributed by atoms with van der Waals surface area (Å²) >= 11 is 0. The highest BCUT2D eigenvalue weighted by Crippen LogP contribution is 2.32. The van der Waals surface area contributed by atoms with Gasteiger partial charge in [0.15, 0.2) is 0 Å². The first-order valence-electron chi connectivity index (χ1n) is 2.71. The molecule has 0 spiro atoms. The summed E-state index contributed by atoms with van der Waals surface area (Å²) in [5.74, 6) is 3.47. The first kappa shape index (κ1) is 4.71. The second-order valence-electron chi connectivity index (χ2n) is 2.05. The van der Waals surface area contributed by atoms with Gasteiger partial charge in [0.05, 0.1) is 0 Å². The molecule has 0 aromatic rings. The normalized spacial score (nSPS) is 18.7. The summed E-state index contributed by atoms with van der Waals surface area (Å²) in [5, 5.41) is 0. The SMILES string of the molecule is C#C[CH]CC1CC1. The van der Waals surface area contributed by atoms with Gasteiger partial charge in [-0.2, -0.15) is 0 Å². The van der Waals surface area contributed by atoms with E-state index in [1.807, 2.05) is 6.42 Å². The highest BCUT2D eigenvalue weighted by molar-refractivity contribution is 5.02. The monoisotopic (exact) mass is 93.1 g/mol. The van der Waals surface area contributed by atoms with Gasteiger partial charge in [-0.1, -0.05) is 12.8 Å².